The van der Waals surface area contributed by atoms with Gasteiger partial charge in [0.05, 0.1) is 0 Å². The summed E-state index contributed by atoms with van der Waals surface area (Å²) in [5, 5.41) is 0. The number of hydrogen-bond acceptors (Lipinski definition) is 2. The van der Waals surface area contributed by atoms with Gasteiger partial charge in [-0.25, -0.2) is 0 Å². The molecule has 0 bridgehead atoms. The molecule has 1 heterocycles. The summed E-state index contributed by atoms with van der Waals surface area (Å²) in [5.41, 5.74) is 14.6. The molecule has 1 aliphatic carbocycles. The number of halogens is 2. The van der Waals surface area contributed by atoms with E-state index in [0.717, 1.165) is 38.3 Å². The molecule has 4 aromatic rings. The van der Waals surface area contributed by atoms with Crippen LogP contribution in [0, 0.1) is 41.5 Å². The number of allylic oxidation sites excluding steroid dienone is 1. The van der Waals surface area contributed by atoms with E-state index in [-0.39, 0.29) is 0 Å². The van der Waals surface area contributed by atoms with Crippen molar-refractivity contribution in [3.05, 3.63) is 129 Å². The van der Waals surface area contributed by atoms with Crippen LogP contribution in [0.5, 0.6) is 0 Å². The normalized spacial score (nSPS) is 14.4. The third-order valence-corrected chi connectivity index (χ3v) is 20.3. The van der Waals surface area contributed by atoms with E-state index >= 15 is 0 Å². The second-order valence-electron chi connectivity index (χ2n) is 15.2. The van der Waals surface area contributed by atoms with Crippen LogP contribution >= 0.6 is 27.3 Å². The quantitative estimate of drug-likeness (QED) is 0.103. The summed E-state index contributed by atoms with van der Waals surface area (Å²) in [7, 11) is 16.5. The van der Waals surface area contributed by atoms with Crippen LogP contribution in [0.2, 0.25) is 0 Å². The standard InChI is InChI=1S/C21H26N2.C15H10.C12H27P.2ClH.Ru/c1-14-9-16(3)20(17(4)10-14)22-7-8-23(13-22)21-18(5)11-15(2)12-19(21)6;1-2-6-12(7-3-1)15-10-13-8-4-5-9-14(13)11-15;1-4-7-10-13(11-8-5-2)12-9-6-3;;;/h9-12H,7-8H2,1-6H3;1-10H;4-12H2,1-3H3;2*1H;/q;;;;;+2/p-2. The van der Waals surface area contributed by atoms with E-state index in [1.165, 1.54) is 88.8 Å². The monoisotopic (exact) mass is 870 g/mol. The molecular formula is C48H63Cl2N2PRu. The second kappa shape index (κ2) is 19.6. The van der Waals surface area contributed by atoms with Crippen molar-refractivity contribution in [1.29, 1.82) is 0 Å². The topological polar surface area (TPSA) is 6.48 Å². The van der Waals surface area contributed by atoms with Gasteiger partial charge in [-0.05, 0) is 37.7 Å². The van der Waals surface area contributed by atoms with E-state index in [9.17, 15) is 0 Å². The molecule has 6 heteroatoms. The van der Waals surface area contributed by atoms with E-state index in [2.05, 4.69) is 157 Å². The van der Waals surface area contributed by atoms with Gasteiger partial charge >= 0.3 is 256 Å². The van der Waals surface area contributed by atoms with Crippen LogP contribution in [0.25, 0.3) is 11.6 Å². The van der Waals surface area contributed by atoms with E-state index in [4.69, 9.17) is 19.4 Å². The van der Waals surface area contributed by atoms with Crippen LogP contribution in [0.4, 0.5) is 11.4 Å². The first-order valence-corrected chi connectivity index (χ1v) is 28.2. The van der Waals surface area contributed by atoms with Gasteiger partial charge in [-0.1, -0.05) is 40.0 Å². The fourth-order valence-electron chi connectivity index (χ4n) is 8.17. The maximum absolute atomic E-state index is 8.02. The number of hydrogen-bond donors (Lipinski definition) is 0. The van der Waals surface area contributed by atoms with Crippen LogP contribution < -0.4 is 9.80 Å². The zero-order valence-corrected chi connectivity index (χ0v) is 38.5. The van der Waals surface area contributed by atoms with Gasteiger partial charge in [0.25, 0.3) is 0 Å². The second-order valence-corrected chi connectivity index (χ2v) is 27.1. The molecule has 2 nitrogen and oxygen atoms in total. The predicted molar refractivity (Wildman–Crippen MR) is 244 cm³/mol. The van der Waals surface area contributed by atoms with Crippen LogP contribution in [0.15, 0.2) is 78.9 Å². The average molecular weight is 871 g/mol. The van der Waals surface area contributed by atoms with E-state index in [1.54, 1.807) is 18.5 Å². The van der Waals surface area contributed by atoms with E-state index in [0.29, 0.717) is 7.92 Å². The summed E-state index contributed by atoms with van der Waals surface area (Å²) in [5.74, 6) is 0. The van der Waals surface area contributed by atoms with Crippen molar-refractivity contribution in [3.8, 4) is 0 Å². The molecule has 0 spiro atoms. The number of nitrogens with zero attached hydrogens (tertiary/aromatic N) is 2. The molecule has 4 aromatic carbocycles. The first-order valence-electron chi connectivity index (χ1n) is 20.1. The Kier molecular flexibility index (Phi) is 15.5. The first kappa shape index (κ1) is 42.7. The summed E-state index contributed by atoms with van der Waals surface area (Å²) in [6, 6.07) is 28.2. The third-order valence-electron chi connectivity index (χ3n) is 10.5. The third kappa shape index (κ3) is 9.75. The Hall–Kier alpha value is -2.41. The van der Waals surface area contributed by atoms with Crippen molar-refractivity contribution < 1.29 is 11.9 Å². The molecule has 6 rings (SSSR count). The number of aryl methyl sites for hydroxylation is 6. The molecule has 1 aliphatic heterocycles. The molecule has 0 N–H and O–H groups in total. The fraction of sp³-hybridized carbons (Fsp3) is 0.417. The summed E-state index contributed by atoms with van der Waals surface area (Å²) >= 11 is -3.84. The SMILES string of the molecule is CCCCP(CCCC)CCCC.Cc1cc(C)c(N2CCN(c3c(C)cc(C)cc3C)[C]2=[Ru]([Cl])([Cl])=[C]2C(c3ccccc3)=Cc3ccccc32)c(C)c1. The zero-order valence-electron chi connectivity index (χ0n) is 34.3. The van der Waals surface area contributed by atoms with Gasteiger partial charge in [-0.3, -0.25) is 0 Å². The van der Waals surface area contributed by atoms with Crippen molar-refractivity contribution >= 4 is 58.8 Å². The van der Waals surface area contributed by atoms with Crippen molar-refractivity contribution in [2.24, 2.45) is 0 Å². The molecule has 2 aliphatic rings. The molecule has 0 atom stereocenters. The van der Waals surface area contributed by atoms with Crippen LogP contribution in [0.3, 0.4) is 0 Å². The van der Waals surface area contributed by atoms with Gasteiger partial charge in [0.15, 0.2) is 0 Å². The number of anilines is 2. The minimum atomic E-state index is -3.84. The van der Waals surface area contributed by atoms with Gasteiger partial charge in [0.1, 0.15) is 0 Å². The maximum atomic E-state index is 8.02. The van der Waals surface area contributed by atoms with Crippen molar-refractivity contribution in [3.63, 3.8) is 0 Å². The molecular weight excluding hydrogens is 807 g/mol. The molecule has 292 valence electrons. The van der Waals surface area contributed by atoms with Gasteiger partial charge < -0.3 is 0 Å². The molecule has 0 saturated carbocycles. The van der Waals surface area contributed by atoms with Crippen LogP contribution in [0.1, 0.15) is 109 Å². The summed E-state index contributed by atoms with van der Waals surface area (Å²) < 4.78 is 2.16. The Morgan fingerprint density at radius 3 is 1.46 bits per heavy atom. The average Bonchev–Trinajstić information content (AvgIpc) is 3.75. The summed E-state index contributed by atoms with van der Waals surface area (Å²) in [6.45, 7) is 21.8. The molecule has 0 aromatic heterocycles. The van der Waals surface area contributed by atoms with Crippen LogP contribution in [-0.4, -0.2) is 40.0 Å². The van der Waals surface area contributed by atoms with Crippen molar-refractivity contribution in [2.45, 2.75) is 101 Å². The summed E-state index contributed by atoms with van der Waals surface area (Å²) in [4.78, 5) is 4.90. The minimum absolute atomic E-state index is 0.422. The Labute approximate surface area is 339 Å². The Bertz CT molecular complexity index is 1930. The fourth-order valence-corrected chi connectivity index (χ4v) is 18.8. The van der Waals surface area contributed by atoms with Gasteiger partial charge in [0, 0.05) is 0 Å². The molecule has 0 amide bonds. The Morgan fingerprint density at radius 1 is 0.593 bits per heavy atom. The molecule has 0 radical (unpaired) electrons. The van der Waals surface area contributed by atoms with Crippen molar-refractivity contribution in [1.82, 2.24) is 0 Å². The first-order chi connectivity index (χ1) is 25.9. The van der Waals surface area contributed by atoms with Crippen molar-refractivity contribution in [2.75, 3.05) is 41.4 Å². The Morgan fingerprint density at radius 2 is 1.02 bits per heavy atom. The van der Waals surface area contributed by atoms with E-state index < -0.39 is 11.9 Å². The summed E-state index contributed by atoms with van der Waals surface area (Å²) in [6.07, 6.45) is 15.5. The zero-order chi connectivity index (χ0) is 39.0. The van der Waals surface area contributed by atoms with Gasteiger partial charge in [-0.15, -0.1) is 7.92 Å². The van der Waals surface area contributed by atoms with Gasteiger partial charge in [0.2, 0.25) is 0 Å². The number of unbranched alkanes of at least 4 members (excludes halogenated alkanes) is 3. The van der Waals surface area contributed by atoms with E-state index in [1.807, 2.05) is 0 Å². The number of rotatable bonds is 12. The molecule has 0 unspecified atom stereocenters. The van der Waals surface area contributed by atoms with Gasteiger partial charge in [-0.2, -0.15) is 0 Å². The predicted octanol–water partition coefficient (Wildman–Crippen LogP) is 14.1. The van der Waals surface area contributed by atoms with Crippen LogP contribution in [-0.2, 0) is 11.9 Å². The number of benzene rings is 4. The molecule has 1 saturated heterocycles. The molecule has 1 fully saturated rings. The number of fused-ring (bicyclic) bond motifs is 1. The molecule has 54 heavy (non-hydrogen) atoms. The Balaban J connectivity index is 0.000000370.